The normalized spacial score (nSPS) is 20.8. The van der Waals surface area contributed by atoms with Crippen LogP contribution in [0.15, 0.2) is 18.2 Å². The SMILES string of the molecule is COc1cc(CN2CCCOCC2)ccc1OC[C@H](O)CN1CCOCC1. The molecule has 1 N–H and O–H groups in total. The van der Waals surface area contributed by atoms with E-state index in [1.165, 1.54) is 5.56 Å². The molecule has 2 saturated heterocycles. The summed E-state index contributed by atoms with van der Waals surface area (Å²) in [5.41, 5.74) is 1.19. The van der Waals surface area contributed by atoms with E-state index in [1.54, 1.807) is 7.11 Å². The summed E-state index contributed by atoms with van der Waals surface area (Å²) >= 11 is 0. The summed E-state index contributed by atoms with van der Waals surface area (Å²) in [6, 6.07) is 6.03. The van der Waals surface area contributed by atoms with Gasteiger partial charge in [0.05, 0.1) is 26.9 Å². The van der Waals surface area contributed by atoms with Crippen LogP contribution in [0.5, 0.6) is 11.5 Å². The summed E-state index contributed by atoms with van der Waals surface area (Å²) in [6.07, 6.45) is 0.531. The van der Waals surface area contributed by atoms with Gasteiger partial charge in [0.15, 0.2) is 11.5 Å². The Morgan fingerprint density at radius 1 is 1.00 bits per heavy atom. The number of aliphatic hydroxyl groups excluding tert-OH is 1. The van der Waals surface area contributed by atoms with Crippen molar-refractivity contribution in [1.29, 1.82) is 0 Å². The summed E-state index contributed by atoms with van der Waals surface area (Å²) in [6.45, 7) is 8.53. The molecule has 152 valence electrons. The molecule has 7 nitrogen and oxygen atoms in total. The lowest BCUT2D eigenvalue weighted by Crippen LogP contribution is -2.42. The first-order valence-corrected chi connectivity index (χ1v) is 9.82. The van der Waals surface area contributed by atoms with Crippen molar-refractivity contribution >= 4 is 0 Å². The minimum absolute atomic E-state index is 0.247. The molecule has 0 aromatic heterocycles. The van der Waals surface area contributed by atoms with Gasteiger partial charge in [-0.05, 0) is 24.1 Å². The Kier molecular flexibility index (Phi) is 8.16. The van der Waals surface area contributed by atoms with E-state index in [0.29, 0.717) is 18.0 Å². The Bertz CT molecular complexity index is 557. The summed E-state index contributed by atoms with van der Waals surface area (Å²) in [5, 5.41) is 10.3. The molecule has 2 heterocycles. The number of β-amino-alcohol motifs (C(OH)–C–C–N with tert-alkyl or cyclic N) is 1. The predicted octanol–water partition coefficient (Wildman–Crippen LogP) is 0.989. The fraction of sp³-hybridized carbons (Fsp3) is 0.700. The van der Waals surface area contributed by atoms with E-state index in [-0.39, 0.29) is 6.61 Å². The van der Waals surface area contributed by atoms with E-state index < -0.39 is 6.10 Å². The van der Waals surface area contributed by atoms with Crippen LogP contribution in [0.4, 0.5) is 0 Å². The number of ether oxygens (including phenoxy) is 4. The van der Waals surface area contributed by atoms with Gasteiger partial charge in [-0.15, -0.1) is 0 Å². The van der Waals surface area contributed by atoms with Gasteiger partial charge in [-0.1, -0.05) is 6.07 Å². The average molecular weight is 380 g/mol. The highest BCUT2D eigenvalue weighted by Gasteiger charge is 2.17. The van der Waals surface area contributed by atoms with Gasteiger partial charge in [-0.2, -0.15) is 0 Å². The maximum absolute atomic E-state index is 10.3. The molecule has 0 saturated carbocycles. The first-order valence-electron chi connectivity index (χ1n) is 9.82. The van der Waals surface area contributed by atoms with E-state index in [9.17, 15) is 5.11 Å². The van der Waals surface area contributed by atoms with Gasteiger partial charge in [0.25, 0.3) is 0 Å². The number of aliphatic hydroxyl groups is 1. The van der Waals surface area contributed by atoms with Crippen molar-refractivity contribution in [1.82, 2.24) is 9.80 Å². The highest BCUT2D eigenvalue weighted by molar-refractivity contribution is 5.43. The quantitative estimate of drug-likeness (QED) is 0.722. The lowest BCUT2D eigenvalue weighted by molar-refractivity contribution is 0.00445. The molecule has 2 fully saturated rings. The highest BCUT2D eigenvalue weighted by Crippen LogP contribution is 2.29. The number of morpholine rings is 1. The van der Waals surface area contributed by atoms with E-state index in [0.717, 1.165) is 65.6 Å². The molecular weight excluding hydrogens is 348 g/mol. The molecule has 1 atom stereocenters. The number of methoxy groups -OCH3 is 1. The van der Waals surface area contributed by atoms with Gasteiger partial charge in [0.1, 0.15) is 12.7 Å². The van der Waals surface area contributed by atoms with Crippen LogP contribution in [0.2, 0.25) is 0 Å². The van der Waals surface area contributed by atoms with Crippen molar-refractivity contribution in [2.45, 2.75) is 19.1 Å². The Labute approximate surface area is 161 Å². The van der Waals surface area contributed by atoms with Crippen LogP contribution in [0, 0.1) is 0 Å². The number of hydrogen-bond donors (Lipinski definition) is 1. The standard InChI is InChI=1S/C20H32N2O5/c1-24-20-13-17(14-21-5-2-9-25-10-6-21)3-4-19(20)27-16-18(23)15-22-7-11-26-12-8-22/h3-4,13,18,23H,2,5-12,14-16H2,1H3/t18-/m1/s1. The molecule has 7 heteroatoms. The molecule has 1 aromatic rings. The zero-order valence-corrected chi connectivity index (χ0v) is 16.3. The van der Waals surface area contributed by atoms with Gasteiger partial charge in [0, 0.05) is 45.9 Å². The monoisotopic (exact) mass is 380 g/mol. The molecule has 2 aliphatic rings. The molecule has 3 rings (SSSR count). The predicted molar refractivity (Wildman–Crippen MR) is 102 cm³/mol. The highest BCUT2D eigenvalue weighted by atomic mass is 16.5. The first kappa shape index (κ1) is 20.4. The Hall–Kier alpha value is -1.38. The molecule has 0 aliphatic carbocycles. The van der Waals surface area contributed by atoms with Crippen LogP contribution < -0.4 is 9.47 Å². The summed E-state index contributed by atoms with van der Waals surface area (Å²) in [7, 11) is 1.65. The molecule has 1 aromatic carbocycles. The lowest BCUT2D eigenvalue weighted by atomic mass is 10.2. The fourth-order valence-corrected chi connectivity index (χ4v) is 3.46. The number of hydrogen-bond acceptors (Lipinski definition) is 7. The smallest absolute Gasteiger partial charge is 0.161 e. The van der Waals surface area contributed by atoms with Crippen molar-refractivity contribution in [2.24, 2.45) is 0 Å². The molecule has 27 heavy (non-hydrogen) atoms. The van der Waals surface area contributed by atoms with Crippen molar-refractivity contribution in [3.8, 4) is 11.5 Å². The van der Waals surface area contributed by atoms with Gasteiger partial charge in [-0.25, -0.2) is 0 Å². The van der Waals surface area contributed by atoms with Crippen LogP contribution in [0.25, 0.3) is 0 Å². The second-order valence-electron chi connectivity index (χ2n) is 7.11. The van der Waals surface area contributed by atoms with Crippen molar-refractivity contribution in [3.63, 3.8) is 0 Å². The first-order chi connectivity index (χ1) is 13.2. The van der Waals surface area contributed by atoms with E-state index in [2.05, 4.69) is 15.9 Å². The summed E-state index contributed by atoms with van der Waals surface area (Å²) < 4.78 is 22.2. The zero-order valence-electron chi connectivity index (χ0n) is 16.3. The molecule has 0 unspecified atom stereocenters. The minimum Gasteiger partial charge on any atom is -0.493 e. The molecular formula is C20H32N2O5. The second kappa shape index (κ2) is 10.8. The number of nitrogens with zero attached hydrogens (tertiary/aromatic N) is 2. The van der Waals surface area contributed by atoms with E-state index in [4.69, 9.17) is 18.9 Å². The van der Waals surface area contributed by atoms with E-state index >= 15 is 0 Å². The Morgan fingerprint density at radius 3 is 2.52 bits per heavy atom. The maximum atomic E-state index is 10.3. The number of rotatable bonds is 8. The fourth-order valence-electron chi connectivity index (χ4n) is 3.46. The van der Waals surface area contributed by atoms with Gasteiger partial charge in [0.2, 0.25) is 0 Å². The second-order valence-corrected chi connectivity index (χ2v) is 7.11. The van der Waals surface area contributed by atoms with Crippen LogP contribution in [-0.2, 0) is 16.0 Å². The molecule has 0 amide bonds. The van der Waals surface area contributed by atoms with Crippen LogP contribution >= 0.6 is 0 Å². The van der Waals surface area contributed by atoms with Gasteiger partial charge < -0.3 is 24.1 Å². The Morgan fingerprint density at radius 2 is 1.74 bits per heavy atom. The van der Waals surface area contributed by atoms with Crippen LogP contribution in [0.1, 0.15) is 12.0 Å². The van der Waals surface area contributed by atoms with E-state index in [1.807, 2.05) is 12.1 Å². The minimum atomic E-state index is -0.537. The molecule has 2 aliphatic heterocycles. The average Bonchev–Trinajstić information content (AvgIpc) is 2.96. The van der Waals surface area contributed by atoms with Gasteiger partial charge in [-0.3, -0.25) is 9.80 Å². The largest absolute Gasteiger partial charge is 0.493 e. The molecule has 0 bridgehead atoms. The topological polar surface area (TPSA) is 63.6 Å². The van der Waals surface area contributed by atoms with Crippen molar-refractivity contribution < 1.29 is 24.1 Å². The van der Waals surface area contributed by atoms with Crippen LogP contribution in [0.3, 0.4) is 0 Å². The Balaban J connectivity index is 1.50. The number of benzene rings is 1. The lowest BCUT2D eigenvalue weighted by Gasteiger charge is -2.28. The summed E-state index contributed by atoms with van der Waals surface area (Å²) in [4.78, 5) is 4.59. The zero-order chi connectivity index (χ0) is 18.9. The van der Waals surface area contributed by atoms with Crippen LogP contribution in [-0.4, -0.2) is 93.9 Å². The third-order valence-electron chi connectivity index (χ3n) is 4.95. The third kappa shape index (κ3) is 6.62. The van der Waals surface area contributed by atoms with Gasteiger partial charge >= 0.3 is 0 Å². The molecule has 0 radical (unpaired) electrons. The summed E-state index contributed by atoms with van der Waals surface area (Å²) in [5.74, 6) is 1.37. The maximum Gasteiger partial charge on any atom is 0.161 e. The van der Waals surface area contributed by atoms with Crippen molar-refractivity contribution in [3.05, 3.63) is 23.8 Å². The third-order valence-corrected chi connectivity index (χ3v) is 4.95. The molecule has 0 spiro atoms. The van der Waals surface area contributed by atoms with Crippen molar-refractivity contribution in [2.75, 3.05) is 72.9 Å².